The van der Waals surface area contributed by atoms with E-state index in [1.165, 1.54) is 21.1 Å². The predicted molar refractivity (Wildman–Crippen MR) is 212 cm³/mol. The molecule has 0 fully saturated rings. The molecule has 263 valence electrons. The van der Waals surface area contributed by atoms with Gasteiger partial charge in [-0.05, 0) is 35.6 Å². The monoisotopic (exact) mass is 912 g/mol. The molecule has 4 aromatic heterocycles. The van der Waals surface area contributed by atoms with Gasteiger partial charge in [0.05, 0.1) is 11.8 Å². The van der Waals surface area contributed by atoms with Crippen LogP contribution in [0.15, 0.2) is 114 Å². The normalized spacial score (nSPS) is 11.7. The summed E-state index contributed by atoms with van der Waals surface area (Å²) in [4.78, 5) is 13.8. The van der Waals surface area contributed by atoms with Crippen LogP contribution in [0.4, 0.5) is 0 Å². The molecule has 0 aliphatic heterocycles. The van der Waals surface area contributed by atoms with Crippen molar-refractivity contribution in [2.75, 3.05) is 0 Å². The van der Waals surface area contributed by atoms with E-state index in [1.54, 1.807) is 0 Å². The summed E-state index contributed by atoms with van der Waals surface area (Å²) in [5.41, 5.74) is 11.1. The molecule has 0 saturated carbocycles. The molecule has 7 aromatic rings. The SMILES string of the molecule is CC(C)c1cc2c(cn1)oc1c[c-]c(-c3cc(CC(C)(C)C)ccn3)cc12.[CH3][Ge]([CH3])([CH3])[c]1cnc(-c2[c-]cccc2)cc1Cc1ccccc1.[Ir]. The average molecular weight is 911 g/mol. The van der Waals surface area contributed by atoms with Gasteiger partial charge in [0.2, 0.25) is 0 Å². The Kier molecular flexibility index (Phi) is 12.2. The van der Waals surface area contributed by atoms with Gasteiger partial charge in [-0.25, -0.2) is 0 Å². The van der Waals surface area contributed by atoms with Gasteiger partial charge in [0.15, 0.2) is 0 Å². The number of furan rings is 1. The Labute approximate surface area is 319 Å². The molecule has 4 heterocycles. The van der Waals surface area contributed by atoms with Gasteiger partial charge in [-0.15, -0.1) is 23.8 Å². The van der Waals surface area contributed by atoms with Gasteiger partial charge in [-0.3, -0.25) is 4.98 Å². The number of benzene rings is 3. The third-order valence-electron chi connectivity index (χ3n) is 8.76. The molecule has 1 radical (unpaired) electrons. The third-order valence-corrected chi connectivity index (χ3v) is 13.1. The zero-order valence-electron chi connectivity index (χ0n) is 31.0. The Morgan fingerprint density at radius 1 is 0.725 bits per heavy atom. The van der Waals surface area contributed by atoms with Gasteiger partial charge in [0.25, 0.3) is 0 Å². The Balaban J connectivity index is 0.000000196. The van der Waals surface area contributed by atoms with Crippen LogP contribution in [-0.4, -0.2) is 28.2 Å². The second-order valence-corrected chi connectivity index (χ2v) is 26.3. The fourth-order valence-electron chi connectivity index (χ4n) is 6.28. The van der Waals surface area contributed by atoms with Crippen molar-refractivity contribution < 1.29 is 24.5 Å². The second-order valence-electron chi connectivity index (χ2n) is 15.7. The van der Waals surface area contributed by atoms with E-state index in [2.05, 4.69) is 147 Å². The maximum Gasteiger partial charge on any atom is 0 e. The van der Waals surface area contributed by atoms with E-state index in [9.17, 15) is 0 Å². The molecule has 0 bridgehead atoms. The van der Waals surface area contributed by atoms with E-state index in [1.807, 2.05) is 36.7 Å². The van der Waals surface area contributed by atoms with Crippen LogP contribution >= 0.6 is 0 Å². The summed E-state index contributed by atoms with van der Waals surface area (Å²) in [6.45, 7) is 11.1. The maximum atomic E-state index is 5.95. The van der Waals surface area contributed by atoms with Gasteiger partial charge in [0.1, 0.15) is 5.58 Å². The fraction of sp³-hybridized carbons (Fsp3) is 0.267. The summed E-state index contributed by atoms with van der Waals surface area (Å²) in [6, 6.07) is 38.1. The van der Waals surface area contributed by atoms with Crippen molar-refractivity contribution in [3.8, 4) is 22.5 Å². The van der Waals surface area contributed by atoms with Crippen molar-refractivity contribution >= 4 is 39.6 Å². The number of pyridine rings is 3. The van der Waals surface area contributed by atoms with Crippen molar-refractivity contribution in [1.82, 2.24) is 15.0 Å². The molecule has 0 atom stereocenters. The third kappa shape index (κ3) is 9.71. The predicted octanol–water partition coefficient (Wildman–Crippen LogP) is 11.2. The Hall–Kier alpha value is -3.90. The van der Waals surface area contributed by atoms with Crippen molar-refractivity contribution in [2.24, 2.45) is 5.41 Å². The topological polar surface area (TPSA) is 51.8 Å². The number of hydrogen-bond donors (Lipinski definition) is 0. The van der Waals surface area contributed by atoms with Crippen LogP contribution in [0.1, 0.15) is 62.9 Å². The molecule has 0 unspecified atom stereocenters. The van der Waals surface area contributed by atoms with Gasteiger partial charge < -0.3 is 9.40 Å². The average Bonchev–Trinajstić information content (AvgIpc) is 3.45. The zero-order chi connectivity index (χ0) is 35.5. The number of hydrogen-bond acceptors (Lipinski definition) is 4. The fourth-order valence-corrected chi connectivity index (χ4v) is 9.59. The molecule has 0 aliphatic rings. The quantitative estimate of drug-likeness (QED) is 0.118. The minimum atomic E-state index is -1.96. The molecule has 6 heteroatoms. The van der Waals surface area contributed by atoms with Crippen LogP contribution < -0.4 is 4.40 Å². The van der Waals surface area contributed by atoms with Gasteiger partial charge >= 0.3 is 142 Å². The van der Waals surface area contributed by atoms with Gasteiger partial charge in [-0.1, -0.05) is 51.6 Å². The van der Waals surface area contributed by atoms with Crippen LogP contribution in [-0.2, 0) is 32.9 Å². The Morgan fingerprint density at radius 2 is 1.45 bits per heavy atom. The summed E-state index contributed by atoms with van der Waals surface area (Å²) in [7, 11) is 0. The van der Waals surface area contributed by atoms with E-state index in [0.29, 0.717) is 5.92 Å². The molecule has 3 aromatic carbocycles. The van der Waals surface area contributed by atoms with Crippen molar-refractivity contribution in [2.45, 2.75) is 70.6 Å². The summed E-state index contributed by atoms with van der Waals surface area (Å²) >= 11 is -1.96. The molecule has 0 saturated heterocycles. The van der Waals surface area contributed by atoms with E-state index >= 15 is 0 Å². The molecular weight excluding hydrogens is 863 g/mol. The number of aromatic nitrogens is 3. The van der Waals surface area contributed by atoms with Crippen LogP contribution in [0.2, 0.25) is 17.3 Å². The first-order valence-corrected chi connectivity index (χ1v) is 24.9. The maximum absolute atomic E-state index is 5.95. The minimum Gasteiger partial charge on any atom is 0 e. The van der Waals surface area contributed by atoms with Crippen molar-refractivity contribution in [3.63, 3.8) is 0 Å². The Morgan fingerprint density at radius 3 is 2.14 bits per heavy atom. The number of fused-ring (bicyclic) bond motifs is 3. The van der Waals surface area contributed by atoms with Crippen LogP contribution in [0, 0.1) is 17.5 Å². The van der Waals surface area contributed by atoms with Gasteiger partial charge in [0, 0.05) is 37.4 Å². The first kappa shape index (κ1) is 38.3. The molecule has 7 rings (SSSR count). The molecule has 51 heavy (non-hydrogen) atoms. The largest absolute Gasteiger partial charge is 0 e. The minimum absolute atomic E-state index is 0. The number of rotatable bonds is 7. The van der Waals surface area contributed by atoms with Crippen LogP contribution in [0.5, 0.6) is 0 Å². The van der Waals surface area contributed by atoms with Crippen LogP contribution in [0.25, 0.3) is 44.5 Å². The summed E-state index contributed by atoms with van der Waals surface area (Å²) in [5.74, 6) is 7.67. The summed E-state index contributed by atoms with van der Waals surface area (Å²) < 4.78 is 7.45. The molecule has 0 spiro atoms. The zero-order valence-corrected chi connectivity index (χ0v) is 35.5. The van der Waals surface area contributed by atoms with Gasteiger partial charge in [-0.2, -0.15) is 0 Å². The molecule has 0 amide bonds. The summed E-state index contributed by atoms with van der Waals surface area (Å²) in [6.07, 6.45) is 7.83. The van der Waals surface area contributed by atoms with E-state index in [0.717, 1.165) is 63.0 Å². The molecular formula is C45H47GeIrN3O-2. The standard InChI is InChI=1S/C24H25N2O.C21H22GeN.Ir/c1-15(2)20-12-19-18-11-17(6-7-22(18)27-23(19)14-26-20)21-10-16(8-9-25-21)13-24(3,4)5;1-22(2,3)20-16-23-21(18-12-8-5-9-13-18)15-19(20)14-17-10-6-4-7-11-17;/h7-12,14-15H,13H2,1-5H3;4-12,15-16H,14H2,1-3H3;/q2*-1;. The summed E-state index contributed by atoms with van der Waals surface area (Å²) in [5, 5.41) is 2.19. The number of nitrogens with zero attached hydrogens (tertiary/aromatic N) is 3. The smallest absolute Gasteiger partial charge is 0 e. The van der Waals surface area contributed by atoms with E-state index in [-0.39, 0.29) is 25.5 Å². The van der Waals surface area contributed by atoms with Crippen LogP contribution in [0.3, 0.4) is 0 Å². The molecule has 0 N–H and O–H groups in total. The molecule has 4 nitrogen and oxygen atoms in total. The van der Waals surface area contributed by atoms with Crippen molar-refractivity contribution in [3.05, 3.63) is 144 Å². The molecule has 0 aliphatic carbocycles. The van der Waals surface area contributed by atoms with Crippen molar-refractivity contribution in [1.29, 1.82) is 0 Å². The first-order chi connectivity index (χ1) is 23.8. The van der Waals surface area contributed by atoms with E-state index < -0.39 is 13.3 Å². The first-order valence-electron chi connectivity index (χ1n) is 17.5. The Bertz CT molecular complexity index is 2220. The second kappa shape index (κ2) is 16.2. The van der Waals surface area contributed by atoms with E-state index in [4.69, 9.17) is 9.40 Å².